The normalized spacial score (nSPS) is 11.6. The van der Waals surface area contributed by atoms with Crippen molar-refractivity contribution in [3.05, 3.63) is 240 Å². The lowest BCUT2D eigenvalue weighted by Crippen LogP contribution is -2.13. The van der Waals surface area contributed by atoms with Crippen molar-refractivity contribution >= 4 is 75.5 Å². The summed E-state index contributed by atoms with van der Waals surface area (Å²) >= 11 is 29.9. The largest absolute Gasteiger partial charge is 0.383 e. The Labute approximate surface area is 447 Å². The van der Waals surface area contributed by atoms with Crippen LogP contribution in [-0.4, -0.2) is 41.6 Å². The van der Waals surface area contributed by atoms with E-state index < -0.39 is 0 Å². The minimum Gasteiger partial charge on any atom is -0.383 e. The summed E-state index contributed by atoms with van der Waals surface area (Å²) in [7, 11) is 0. The Morgan fingerprint density at radius 2 is 0.918 bits per heavy atom. The Morgan fingerprint density at radius 1 is 0.452 bits per heavy atom. The molecule has 0 aliphatic carbocycles. The van der Waals surface area contributed by atoms with Gasteiger partial charge in [0.25, 0.3) is 0 Å². The number of aromatic nitrogens is 6. The standard InChI is InChI=1S/C19H14ClFN4.C12H9Cl2N.C12H10ClN.C7H6FN3.C6H6ClN/c1-11-6-16(13-4-2-3-5-15(13)20)24-18(7-11)25-19-14-8-12(21)9-22-17(14)10-23-19;1-8-6-11(15-12(14)7-8)9-4-2-3-5-10(9)13;1-9-6-7-14-12(8-9)10-4-2-3-5-11(10)13;8-4-1-5-6(10-2-4)3-11-7(5)9;1-5-2-3-8-6(7)4-5/h2-9H,10H2,1H3,(H,23,24,25);2-7H,1H3;2-8H,1H3;1-2H,3H2,(H2,9,11);2-4H,1H3. The first-order valence-electron chi connectivity index (χ1n) is 22.4. The molecular formula is C56H45Cl5F2N10. The number of benzene rings is 3. The maximum absolute atomic E-state index is 13.5. The molecule has 0 saturated carbocycles. The van der Waals surface area contributed by atoms with Gasteiger partial charge in [-0.25, -0.2) is 23.7 Å². The molecule has 10 nitrogen and oxygen atoms in total. The molecule has 11 rings (SSSR count). The fourth-order valence-electron chi connectivity index (χ4n) is 7.15. The number of nitrogens with zero attached hydrogens (tertiary/aromatic N) is 8. The second kappa shape index (κ2) is 25.5. The summed E-state index contributed by atoms with van der Waals surface area (Å²) in [5.41, 5.74) is 18.0. The van der Waals surface area contributed by atoms with Crippen molar-refractivity contribution < 1.29 is 8.78 Å². The molecule has 0 atom stereocenters. The number of amidine groups is 2. The van der Waals surface area contributed by atoms with Gasteiger partial charge in [0.15, 0.2) is 0 Å². The van der Waals surface area contributed by atoms with E-state index in [1.54, 1.807) is 12.4 Å². The number of anilines is 1. The molecule has 2 aliphatic heterocycles. The van der Waals surface area contributed by atoms with Crippen LogP contribution in [-0.2, 0) is 13.1 Å². The lowest BCUT2D eigenvalue weighted by molar-refractivity contribution is 0.619. The third-order valence-electron chi connectivity index (χ3n) is 10.6. The lowest BCUT2D eigenvalue weighted by Gasteiger charge is -2.11. The third-order valence-corrected chi connectivity index (χ3v) is 12.0. The molecular weight excluding hydrogens is 1030 g/mol. The van der Waals surface area contributed by atoms with Gasteiger partial charge in [-0.2, -0.15) is 0 Å². The van der Waals surface area contributed by atoms with Crippen molar-refractivity contribution in [2.45, 2.75) is 40.8 Å². The van der Waals surface area contributed by atoms with Crippen LogP contribution in [0.1, 0.15) is 44.8 Å². The van der Waals surface area contributed by atoms with E-state index in [0.29, 0.717) is 62.1 Å². The number of hydrogen-bond acceptors (Lipinski definition) is 10. The monoisotopic (exact) mass is 1070 g/mol. The molecule has 3 aromatic carbocycles. The first-order chi connectivity index (χ1) is 35.1. The van der Waals surface area contributed by atoms with Crippen LogP contribution in [0.2, 0.25) is 25.4 Å². The van der Waals surface area contributed by atoms with Gasteiger partial charge in [-0.15, -0.1) is 0 Å². The number of hydrogen-bond donors (Lipinski definition) is 2. The van der Waals surface area contributed by atoms with Crippen molar-refractivity contribution in [3.8, 4) is 33.8 Å². The van der Waals surface area contributed by atoms with Crippen LogP contribution >= 0.6 is 58.0 Å². The van der Waals surface area contributed by atoms with E-state index in [9.17, 15) is 8.78 Å². The number of nitrogens with two attached hydrogens (primary N) is 1. The fraction of sp³-hybridized carbons (Fsp3) is 0.107. The molecule has 9 aromatic rings. The number of halogens is 7. The average molecular weight is 1070 g/mol. The highest BCUT2D eigenvalue weighted by Crippen LogP contribution is 2.30. The van der Waals surface area contributed by atoms with E-state index in [1.165, 1.54) is 30.1 Å². The SMILES string of the molecule is Cc1cc(Cl)nc(-c2ccccc2Cl)c1.Cc1cc(NC2=NCc3ncc(F)cc32)nc(-c2ccccc2Cl)c1.Cc1ccnc(-c2ccccc2Cl)c1.Cc1ccnc(Cl)c1.NC1=NCc2ncc(F)cc21. The summed E-state index contributed by atoms with van der Waals surface area (Å²) in [5, 5.41) is 6.30. The molecule has 2 aliphatic rings. The van der Waals surface area contributed by atoms with Crippen molar-refractivity contribution in [2.24, 2.45) is 15.7 Å². The number of aliphatic imine (C=N–C) groups is 2. The zero-order valence-electron chi connectivity index (χ0n) is 39.7. The van der Waals surface area contributed by atoms with E-state index in [0.717, 1.165) is 66.9 Å². The number of fused-ring (bicyclic) bond motifs is 2. The molecule has 0 unspecified atom stereocenters. The van der Waals surface area contributed by atoms with E-state index >= 15 is 0 Å². The summed E-state index contributed by atoms with van der Waals surface area (Å²) in [6.45, 7) is 8.89. The molecule has 0 spiro atoms. The summed E-state index contributed by atoms with van der Waals surface area (Å²) in [4.78, 5) is 33.2. The van der Waals surface area contributed by atoms with Gasteiger partial charge in [0.1, 0.15) is 39.4 Å². The van der Waals surface area contributed by atoms with E-state index in [4.69, 9.17) is 63.7 Å². The summed E-state index contributed by atoms with van der Waals surface area (Å²) in [5.74, 6) is 0.830. The molecule has 73 heavy (non-hydrogen) atoms. The zero-order chi connectivity index (χ0) is 52.0. The van der Waals surface area contributed by atoms with Crippen LogP contribution < -0.4 is 11.1 Å². The Bertz CT molecular complexity index is 3430. The van der Waals surface area contributed by atoms with Crippen molar-refractivity contribution in [3.63, 3.8) is 0 Å². The number of nitrogens with one attached hydrogen (secondary N) is 1. The molecule has 3 N–H and O–H groups in total. The molecule has 0 fully saturated rings. The van der Waals surface area contributed by atoms with Crippen LogP contribution in [0.15, 0.2) is 168 Å². The molecule has 368 valence electrons. The highest BCUT2D eigenvalue weighted by Gasteiger charge is 2.19. The predicted octanol–water partition coefficient (Wildman–Crippen LogP) is 15.2. The smallest absolute Gasteiger partial charge is 0.142 e. The average Bonchev–Trinajstić information content (AvgIpc) is 3.93. The van der Waals surface area contributed by atoms with Gasteiger partial charge in [-0.3, -0.25) is 24.9 Å². The van der Waals surface area contributed by atoms with Crippen LogP contribution in [0, 0.1) is 39.3 Å². The Kier molecular flexibility index (Phi) is 18.7. The van der Waals surface area contributed by atoms with Gasteiger partial charge >= 0.3 is 0 Å². The molecule has 0 bridgehead atoms. The molecule has 6 aromatic heterocycles. The van der Waals surface area contributed by atoms with Crippen molar-refractivity contribution in [1.82, 2.24) is 29.9 Å². The van der Waals surface area contributed by atoms with Gasteiger partial charge in [0.05, 0.1) is 54.0 Å². The highest BCUT2D eigenvalue weighted by molar-refractivity contribution is 6.34. The molecule has 0 amide bonds. The van der Waals surface area contributed by atoms with Crippen LogP contribution in [0.3, 0.4) is 0 Å². The van der Waals surface area contributed by atoms with Crippen molar-refractivity contribution in [1.29, 1.82) is 0 Å². The topological polar surface area (TPSA) is 140 Å². The first kappa shape index (κ1) is 53.6. The van der Waals surface area contributed by atoms with E-state index in [2.05, 4.69) is 45.2 Å². The third kappa shape index (κ3) is 15.2. The highest BCUT2D eigenvalue weighted by atomic mass is 35.5. The predicted molar refractivity (Wildman–Crippen MR) is 294 cm³/mol. The Balaban J connectivity index is 0.000000141. The Morgan fingerprint density at radius 3 is 1.45 bits per heavy atom. The molecule has 17 heteroatoms. The van der Waals surface area contributed by atoms with Crippen LogP contribution in [0.25, 0.3) is 33.8 Å². The summed E-state index contributed by atoms with van der Waals surface area (Å²) < 4.78 is 26.1. The quantitative estimate of drug-likeness (QED) is 0.166. The summed E-state index contributed by atoms with van der Waals surface area (Å²) in [6, 6.07) is 41.1. The maximum Gasteiger partial charge on any atom is 0.142 e. The Hall–Kier alpha value is -7.19. The summed E-state index contributed by atoms with van der Waals surface area (Å²) in [6.07, 6.45) is 5.87. The van der Waals surface area contributed by atoms with Crippen molar-refractivity contribution in [2.75, 3.05) is 5.32 Å². The van der Waals surface area contributed by atoms with Crippen LogP contribution in [0.5, 0.6) is 0 Å². The molecule has 8 heterocycles. The first-order valence-corrected chi connectivity index (χ1v) is 24.3. The second-order valence-corrected chi connectivity index (χ2v) is 18.4. The van der Waals surface area contributed by atoms with Gasteiger partial charge in [0, 0.05) is 55.3 Å². The van der Waals surface area contributed by atoms with Crippen LogP contribution in [0.4, 0.5) is 14.6 Å². The number of pyridine rings is 6. The van der Waals surface area contributed by atoms with Gasteiger partial charge in [0.2, 0.25) is 0 Å². The van der Waals surface area contributed by atoms with E-state index in [-0.39, 0.29) is 11.6 Å². The zero-order valence-corrected chi connectivity index (χ0v) is 43.5. The molecule has 0 radical (unpaired) electrons. The lowest BCUT2D eigenvalue weighted by atomic mass is 10.1. The minimum absolute atomic E-state index is 0.371. The molecule has 0 saturated heterocycles. The van der Waals surface area contributed by atoms with Gasteiger partial charge in [-0.05, 0) is 129 Å². The van der Waals surface area contributed by atoms with Gasteiger partial charge < -0.3 is 11.1 Å². The second-order valence-electron chi connectivity index (χ2n) is 16.4. The fourth-order valence-corrected chi connectivity index (χ4v) is 8.34. The number of aryl methyl sites for hydroxylation is 4. The maximum atomic E-state index is 13.5. The van der Waals surface area contributed by atoms with E-state index in [1.807, 2.05) is 149 Å². The minimum atomic E-state index is -0.385. The number of rotatable bonds is 4. The van der Waals surface area contributed by atoms with Gasteiger partial charge in [-0.1, -0.05) is 113 Å².